The van der Waals surface area contributed by atoms with E-state index in [4.69, 9.17) is 4.74 Å². The van der Waals surface area contributed by atoms with Crippen LogP contribution in [0.1, 0.15) is 41.1 Å². The monoisotopic (exact) mass is 806 g/mol. The maximum atomic E-state index is 14.9. The lowest BCUT2D eigenvalue weighted by molar-refractivity contribution is -0.305. The Morgan fingerprint density at radius 2 is 1.45 bits per heavy atom. The summed E-state index contributed by atoms with van der Waals surface area (Å²) in [5.74, 6) is -4.42. The molecule has 3 aromatic rings. The van der Waals surface area contributed by atoms with Gasteiger partial charge < -0.3 is 23.7 Å². The lowest BCUT2D eigenvalue weighted by atomic mass is 10.0. The number of rotatable bonds is 12. The molecule has 0 saturated carbocycles. The van der Waals surface area contributed by atoms with Crippen LogP contribution >= 0.6 is 15.9 Å². The maximum Gasteiger partial charge on any atom is 0.534 e. The molecule has 3 rings (SSSR count). The van der Waals surface area contributed by atoms with Crippen LogP contribution in [0.5, 0.6) is 11.5 Å². The number of ether oxygens (including phenoxy) is 1. The third kappa shape index (κ3) is 10.2. The number of anilines is 1. The molecule has 0 saturated heterocycles. The molecule has 1 heterocycles. The first-order valence-corrected chi connectivity index (χ1v) is 15.1. The molecule has 1 atom stereocenters. The van der Waals surface area contributed by atoms with Crippen molar-refractivity contribution in [1.29, 1.82) is 0 Å². The highest BCUT2D eigenvalue weighted by Gasteiger charge is 2.52. The number of benzene rings is 2. The fraction of sp³-hybridized carbons (Fsp3) is 0.346. The van der Waals surface area contributed by atoms with Gasteiger partial charge in [0.25, 0.3) is 0 Å². The first-order valence-electron chi connectivity index (χ1n) is 12.9. The molecular formula is C26H17BrF12N3O6S-. The minimum absolute atomic E-state index is 0.0512. The maximum absolute atomic E-state index is 14.9. The lowest BCUT2D eigenvalue weighted by Crippen LogP contribution is -2.40. The summed E-state index contributed by atoms with van der Waals surface area (Å²) >= 11 is 2.60. The minimum atomic E-state index is -6.64. The molecule has 0 amide bonds. The van der Waals surface area contributed by atoms with E-state index >= 15 is 0 Å². The van der Waals surface area contributed by atoms with Crippen LogP contribution in [0.15, 0.2) is 53.3 Å². The second-order valence-electron chi connectivity index (χ2n) is 9.67. The number of aromatic nitrogens is 2. The van der Waals surface area contributed by atoms with Gasteiger partial charge in [0.2, 0.25) is 5.95 Å². The van der Waals surface area contributed by atoms with Gasteiger partial charge in [-0.25, -0.2) is 9.97 Å². The SMILES string of the molecule is O=C([O-])CCCOc1cnc(N(Cc2cc(C(F)(F)F)cc(C(F)(F)F)c2)C(c2cccc(Br)c2OS(=O)(=O)C(F)(F)F)C(F)(F)F)nc1. The number of carboxylic acids is 1. The number of alkyl halides is 12. The highest BCUT2D eigenvalue weighted by molar-refractivity contribution is 9.10. The lowest BCUT2D eigenvalue weighted by Gasteiger charge is -2.34. The minimum Gasteiger partial charge on any atom is -0.550 e. The number of para-hydroxylation sites is 1. The van der Waals surface area contributed by atoms with Gasteiger partial charge in [-0.3, -0.25) is 0 Å². The number of aliphatic carboxylic acids is 1. The Morgan fingerprint density at radius 1 is 0.898 bits per heavy atom. The van der Waals surface area contributed by atoms with Crippen LogP contribution in [-0.4, -0.2) is 42.6 Å². The summed E-state index contributed by atoms with van der Waals surface area (Å²) in [6.07, 6.45) is -15.8. The van der Waals surface area contributed by atoms with E-state index < -0.39 is 97.6 Å². The molecule has 0 fully saturated rings. The molecule has 0 spiro atoms. The molecule has 0 radical (unpaired) electrons. The van der Waals surface area contributed by atoms with Crippen LogP contribution in [0, 0.1) is 0 Å². The summed E-state index contributed by atoms with van der Waals surface area (Å²) in [6.45, 7) is -1.84. The van der Waals surface area contributed by atoms with Gasteiger partial charge in [0.15, 0.2) is 17.5 Å². The van der Waals surface area contributed by atoms with E-state index in [1.165, 1.54) is 0 Å². The zero-order valence-corrected chi connectivity index (χ0v) is 26.0. The number of carbonyl (C=O) groups excluding carboxylic acids is 1. The van der Waals surface area contributed by atoms with E-state index in [-0.39, 0.29) is 41.9 Å². The Hall–Kier alpha value is -4.02. The standard InChI is InChI=1S/C26H18BrF12N3O6S/c27-18-4-1-3-17(20(18)48-49(45,46)26(37,38)39)21(25(34,35)36)42(22-40-10-16(11-41-22)47-6-2-5-19(43)44)12-13-7-14(23(28,29)30)9-15(8-13)24(31,32)33/h1,3-4,7-11,21H,2,5-6,12H2,(H,43,44)/p-1. The average Bonchev–Trinajstić information content (AvgIpc) is 2.94. The van der Waals surface area contributed by atoms with E-state index in [9.17, 15) is 71.0 Å². The molecule has 23 heteroatoms. The van der Waals surface area contributed by atoms with Crippen molar-refractivity contribution in [2.75, 3.05) is 11.5 Å². The largest absolute Gasteiger partial charge is 0.550 e. The molecule has 0 N–H and O–H groups in total. The molecule has 2 aromatic carbocycles. The summed E-state index contributed by atoms with van der Waals surface area (Å²) in [5, 5.41) is 10.6. The summed E-state index contributed by atoms with van der Waals surface area (Å²) < 4.78 is 198. The Morgan fingerprint density at radius 3 is 1.92 bits per heavy atom. The second kappa shape index (κ2) is 14.5. The van der Waals surface area contributed by atoms with Crippen molar-refractivity contribution in [3.05, 3.63) is 75.5 Å². The predicted octanol–water partition coefficient (Wildman–Crippen LogP) is 6.72. The van der Waals surface area contributed by atoms with Crippen LogP contribution in [-0.2, 0) is 33.8 Å². The number of carboxylic acid groups (broad SMARTS) is 1. The van der Waals surface area contributed by atoms with Crippen LogP contribution in [0.4, 0.5) is 58.6 Å². The van der Waals surface area contributed by atoms with Crippen LogP contribution in [0.25, 0.3) is 0 Å². The third-order valence-corrected chi connectivity index (χ3v) is 7.63. The van der Waals surface area contributed by atoms with Gasteiger partial charge in [-0.2, -0.15) is 61.1 Å². The van der Waals surface area contributed by atoms with Gasteiger partial charge in [-0.1, -0.05) is 12.1 Å². The molecule has 0 aliphatic rings. The smallest absolute Gasteiger partial charge is 0.534 e. The molecular weight excluding hydrogens is 790 g/mol. The van der Waals surface area contributed by atoms with Crippen molar-refractivity contribution in [2.45, 2.75) is 49.5 Å². The Labute approximate surface area is 275 Å². The Balaban J connectivity index is 2.28. The summed E-state index contributed by atoms with van der Waals surface area (Å²) in [5.41, 5.74) is -12.5. The summed E-state index contributed by atoms with van der Waals surface area (Å²) in [6, 6.07) is -1.52. The van der Waals surface area contributed by atoms with Gasteiger partial charge in [-0.15, -0.1) is 0 Å². The zero-order chi connectivity index (χ0) is 37.2. The van der Waals surface area contributed by atoms with Crippen molar-refractivity contribution < 1.29 is 79.9 Å². The van der Waals surface area contributed by atoms with Crippen molar-refractivity contribution in [3.63, 3.8) is 0 Å². The van der Waals surface area contributed by atoms with Gasteiger partial charge >= 0.3 is 34.2 Å². The highest BCUT2D eigenvalue weighted by atomic mass is 79.9. The zero-order valence-electron chi connectivity index (χ0n) is 23.6. The number of carbonyl (C=O) groups is 1. The molecule has 49 heavy (non-hydrogen) atoms. The van der Waals surface area contributed by atoms with E-state index in [2.05, 4.69) is 30.1 Å². The molecule has 0 aliphatic carbocycles. The molecule has 0 bridgehead atoms. The predicted molar refractivity (Wildman–Crippen MR) is 143 cm³/mol. The van der Waals surface area contributed by atoms with Crippen LogP contribution in [0.3, 0.4) is 0 Å². The van der Waals surface area contributed by atoms with E-state index in [0.717, 1.165) is 12.1 Å². The Bertz CT molecular complexity index is 1720. The van der Waals surface area contributed by atoms with Crippen molar-refractivity contribution in [3.8, 4) is 11.5 Å². The fourth-order valence-electron chi connectivity index (χ4n) is 4.03. The number of hydrogen-bond donors (Lipinski definition) is 0. The number of hydrogen-bond acceptors (Lipinski definition) is 9. The van der Waals surface area contributed by atoms with Gasteiger partial charge in [0.05, 0.1) is 34.6 Å². The van der Waals surface area contributed by atoms with Crippen molar-refractivity contribution in [1.82, 2.24) is 9.97 Å². The van der Waals surface area contributed by atoms with Gasteiger partial charge in [-0.05, 0) is 58.6 Å². The number of nitrogens with zero attached hydrogens (tertiary/aromatic N) is 3. The normalized spacial score (nSPS) is 13.6. The summed E-state index contributed by atoms with van der Waals surface area (Å²) in [4.78, 5) is 17.7. The first kappa shape index (κ1) is 39.4. The second-order valence-corrected chi connectivity index (χ2v) is 12.1. The average molecular weight is 807 g/mol. The Kier molecular flexibility index (Phi) is 11.6. The number of halogens is 13. The van der Waals surface area contributed by atoms with E-state index in [0.29, 0.717) is 18.5 Å². The molecule has 1 unspecified atom stereocenters. The van der Waals surface area contributed by atoms with E-state index in [1.807, 2.05) is 0 Å². The highest BCUT2D eigenvalue weighted by Crippen LogP contribution is 2.47. The van der Waals surface area contributed by atoms with Gasteiger partial charge in [0, 0.05) is 18.1 Å². The van der Waals surface area contributed by atoms with Crippen molar-refractivity contribution in [2.24, 2.45) is 0 Å². The van der Waals surface area contributed by atoms with Crippen molar-refractivity contribution >= 4 is 38.0 Å². The quantitative estimate of drug-likeness (QED) is 0.0850. The molecule has 270 valence electrons. The summed E-state index contributed by atoms with van der Waals surface area (Å²) in [7, 11) is -6.64. The third-order valence-electron chi connectivity index (χ3n) is 6.06. The molecule has 1 aromatic heterocycles. The van der Waals surface area contributed by atoms with Crippen LogP contribution in [0.2, 0.25) is 0 Å². The fourth-order valence-corrected chi connectivity index (χ4v) is 5.10. The van der Waals surface area contributed by atoms with Crippen LogP contribution < -0.4 is 18.9 Å². The first-order chi connectivity index (χ1) is 22.3. The molecule has 9 nitrogen and oxygen atoms in total. The van der Waals surface area contributed by atoms with E-state index in [1.54, 1.807) is 0 Å². The molecule has 0 aliphatic heterocycles. The van der Waals surface area contributed by atoms with Gasteiger partial charge in [0.1, 0.15) is 0 Å². The topological polar surface area (TPSA) is 122 Å².